The molecule has 0 fully saturated rings. The molecule has 0 aliphatic heterocycles. The van der Waals surface area contributed by atoms with Gasteiger partial charge in [-0.3, -0.25) is 4.79 Å². The number of benzene rings is 1. The van der Waals surface area contributed by atoms with Gasteiger partial charge in [0.15, 0.2) is 6.61 Å². The van der Waals surface area contributed by atoms with Gasteiger partial charge < -0.3 is 15.8 Å². The molecule has 0 spiro atoms. The predicted molar refractivity (Wildman–Crippen MR) is 72.3 cm³/mol. The van der Waals surface area contributed by atoms with E-state index in [9.17, 15) is 4.79 Å². The van der Waals surface area contributed by atoms with Crippen LogP contribution < -0.4 is 15.8 Å². The van der Waals surface area contributed by atoms with Gasteiger partial charge in [-0.05, 0) is 25.3 Å². The number of carbonyl (C=O) groups is 1. The van der Waals surface area contributed by atoms with Gasteiger partial charge in [-0.15, -0.1) is 0 Å². The van der Waals surface area contributed by atoms with Crippen LogP contribution in [0.3, 0.4) is 0 Å². The van der Waals surface area contributed by atoms with Crippen LogP contribution in [0.1, 0.15) is 6.92 Å². The Labute approximate surface area is 106 Å². The Hall–Kier alpha value is -1.36. The van der Waals surface area contributed by atoms with Gasteiger partial charge in [0, 0.05) is 11.8 Å². The highest BCUT2D eigenvalue weighted by Crippen LogP contribution is 2.19. The van der Waals surface area contributed by atoms with Crippen LogP contribution in [0.4, 0.5) is 5.69 Å². The third-order valence-corrected chi connectivity index (χ3v) is 2.94. The van der Waals surface area contributed by atoms with Crippen molar-refractivity contribution in [1.82, 2.24) is 5.32 Å². The summed E-state index contributed by atoms with van der Waals surface area (Å²) in [5.41, 5.74) is 6.24. The summed E-state index contributed by atoms with van der Waals surface area (Å²) in [6.07, 6.45) is 2.00. The molecule has 1 rings (SSSR count). The van der Waals surface area contributed by atoms with Crippen LogP contribution in [-0.2, 0) is 4.79 Å². The minimum Gasteiger partial charge on any atom is -0.482 e. The quantitative estimate of drug-likeness (QED) is 0.755. The molecule has 1 aromatic rings. The van der Waals surface area contributed by atoms with Crippen molar-refractivity contribution in [2.24, 2.45) is 0 Å². The summed E-state index contributed by atoms with van der Waals surface area (Å²) in [4.78, 5) is 11.5. The third kappa shape index (κ3) is 4.99. The lowest BCUT2D eigenvalue weighted by molar-refractivity contribution is -0.123. The summed E-state index contributed by atoms with van der Waals surface area (Å²) >= 11 is 1.69. The zero-order valence-electron chi connectivity index (χ0n) is 10.1. The minimum absolute atomic E-state index is 0.00701. The number of carbonyl (C=O) groups excluding carboxylic acids is 1. The molecule has 17 heavy (non-hydrogen) atoms. The maximum atomic E-state index is 11.5. The van der Waals surface area contributed by atoms with Crippen LogP contribution in [0.2, 0.25) is 0 Å². The molecule has 4 nitrogen and oxygen atoms in total. The minimum atomic E-state index is -0.130. The zero-order chi connectivity index (χ0) is 12.7. The molecule has 1 atom stereocenters. The normalized spacial score (nSPS) is 11.9. The molecule has 5 heteroatoms. The van der Waals surface area contributed by atoms with Crippen molar-refractivity contribution in [1.29, 1.82) is 0 Å². The summed E-state index contributed by atoms with van der Waals surface area (Å²) in [5.74, 6) is 1.30. The van der Waals surface area contributed by atoms with Crippen LogP contribution in [0, 0.1) is 0 Å². The molecule has 1 unspecified atom stereocenters. The van der Waals surface area contributed by atoms with Crippen LogP contribution in [0.5, 0.6) is 5.75 Å². The second-order valence-corrected chi connectivity index (χ2v) is 4.66. The number of anilines is 1. The lowest BCUT2D eigenvalue weighted by Crippen LogP contribution is -2.37. The average molecular weight is 254 g/mol. The van der Waals surface area contributed by atoms with Crippen LogP contribution in [0.15, 0.2) is 24.3 Å². The topological polar surface area (TPSA) is 64.3 Å². The van der Waals surface area contributed by atoms with Crippen molar-refractivity contribution in [3.05, 3.63) is 24.3 Å². The molecule has 0 saturated heterocycles. The first-order valence-electron chi connectivity index (χ1n) is 5.39. The van der Waals surface area contributed by atoms with E-state index in [1.807, 2.05) is 25.3 Å². The van der Waals surface area contributed by atoms with Gasteiger partial charge >= 0.3 is 0 Å². The number of nitrogens with two attached hydrogens (primary N) is 1. The van der Waals surface area contributed by atoms with E-state index in [0.717, 1.165) is 5.75 Å². The second-order valence-electron chi connectivity index (χ2n) is 3.75. The molecule has 0 aromatic heterocycles. The molecule has 3 N–H and O–H groups in total. The second kappa shape index (κ2) is 7.06. The Kier molecular flexibility index (Phi) is 5.69. The Morgan fingerprint density at radius 1 is 1.53 bits per heavy atom. The summed E-state index contributed by atoms with van der Waals surface area (Å²) in [7, 11) is 0. The fraction of sp³-hybridized carbons (Fsp3) is 0.417. The average Bonchev–Trinajstić information content (AvgIpc) is 2.28. The lowest BCUT2D eigenvalue weighted by Gasteiger charge is -2.13. The first kappa shape index (κ1) is 13.7. The fourth-order valence-corrected chi connectivity index (χ4v) is 1.95. The monoisotopic (exact) mass is 254 g/mol. The summed E-state index contributed by atoms with van der Waals surface area (Å²) in [6.45, 7) is 1.96. The number of amides is 1. The van der Waals surface area contributed by atoms with Gasteiger partial charge in [0.25, 0.3) is 5.91 Å². The Morgan fingerprint density at radius 2 is 2.24 bits per heavy atom. The molecule has 0 saturated carbocycles. The highest BCUT2D eigenvalue weighted by atomic mass is 32.2. The molecule has 0 aliphatic rings. The van der Waals surface area contributed by atoms with Crippen molar-refractivity contribution in [3.63, 3.8) is 0 Å². The van der Waals surface area contributed by atoms with Gasteiger partial charge in [-0.2, -0.15) is 11.8 Å². The van der Waals surface area contributed by atoms with E-state index in [1.165, 1.54) is 0 Å². The van der Waals surface area contributed by atoms with E-state index in [2.05, 4.69) is 5.32 Å². The molecule has 0 radical (unpaired) electrons. The van der Waals surface area contributed by atoms with E-state index in [1.54, 1.807) is 23.9 Å². The first-order chi connectivity index (χ1) is 8.13. The van der Waals surface area contributed by atoms with E-state index in [0.29, 0.717) is 11.4 Å². The van der Waals surface area contributed by atoms with Gasteiger partial charge in [0.05, 0.1) is 5.69 Å². The highest BCUT2D eigenvalue weighted by molar-refractivity contribution is 7.98. The number of hydrogen-bond acceptors (Lipinski definition) is 4. The van der Waals surface area contributed by atoms with Crippen molar-refractivity contribution < 1.29 is 9.53 Å². The maximum absolute atomic E-state index is 11.5. The van der Waals surface area contributed by atoms with E-state index in [-0.39, 0.29) is 18.6 Å². The smallest absolute Gasteiger partial charge is 0.258 e. The molecule has 94 valence electrons. The maximum Gasteiger partial charge on any atom is 0.258 e. The Morgan fingerprint density at radius 3 is 2.88 bits per heavy atom. The highest BCUT2D eigenvalue weighted by Gasteiger charge is 2.08. The molecule has 1 amide bonds. The Bertz CT molecular complexity index is 371. The number of para-hydroxylation sites is 2. The summed E-state index contributed by atoms with van der Waals surface area (Å²) in [6, 6.07) is 7.27. The molecule has 0 heterocycles. The molecule has 1 aromatic carbocycles. The van der Waals surface area contributed by atoms with Crippen molar-refractivity contribution in [3.8, 4) is 5.75 Å². The van der Waals surface area contributed by atoms with E-state index in [4.69, 9.17) is 10.5 Å². The van der Waals surface area contributed by atoms with E-state index >= 15 is 0 Å². The number of nitrogen functional groups attached to an aromatic ring is 1. The molecular weight excluding hydrogens is 236 g/mol. The number of rotatable bonds is 6. The fourth-order valence-electron chi connectivity index (χ4n) is 1.36. The molecule has 0 bridgehead atoms. The van der Waals surface area contributed by atoms with Gasteiger partial charge in [-0.25, -0.2) is 0 Å². The standard InChI is InChI=1S/C12H18N2O2S/c1-9(8-17-2)14-12(15)7-16-11-6-4-3-5-10(11)13/h3-6,9H,7-8,13H2,1-2H3,(H,14,15). The number of ether oxygens (including phenoxy) is 1. The number of nitrogens with one attached hydrogen (secondary N) is 1. The predicted octanol–water partition coefficient (Wildman–Crippen LogP) is 1.52. The van der Waals surface area contributed by atoms with Gasteiger partial charge in [0.2, 0.25) is 0 Å². The van der Waals surface area contributed by atoms with E-state index < -0.39 is 0 Å². The van der Waals surface area contributed by atoms with Crippen LogP contribution in [0.25, 0.3) is 0 Å². The van der Waals surface area contributed by atoms with Crippen LogP contribution in [-0.4, -0.2) is 30.6 Å². The lowest BCUT2D eigenvalue weighted by atomic mass is 10.3. The van der Waals surface area contributed by atoms with Crippen molar-refractivity contribution in [2.45, 2.75) is 13.0 Å². The zero-order valence-corrected chi connectivity index (χ0v) is 10.9. The third-order valence-electron chi connectivity index (χ3n) is 2.10. The molecular formula is C12H18N2O2S. The molecule has 0 aliphatic carbocycles. The number of hydrogen-bond donors (Lipinski definition) is 2. The summed E-state index contributed by atoms with van der Waals surface area (Å²) in [5, 5.41) is 2.84. The van der Waals surface area contributed by atoms with Crippen molar-refractivity contribution in [2.75, 3.05) is 24.3 Å². The Balaban J connectivity index is 2.36. The van der Waals surface area contributed by atoms with Gasteiger partial charge in [0.1, 0.15) is 5.75 Å². The largest absolute Gasteiger partial charge is 0.482 e. The number of thioether (sulfide) groups is 1. The van der Waals surface area contributed by atoms with Gasteiger partial charge in [-0.1, -0.05) is 12.1 Å². The SMILES string of the molecule is CSCC(C)NC(=O)COc1ccccc1N. The summed E-state index contributed by atoms with van der Waals surface area (Å²) < 4.78 is 5.33. The van der Waals surface area contributed by atoms with Crippen molar-refractivity contribution >= 4 is 23.4 Å². The van der Waals surface area contributed by atoms with Crippen LogP contribution >= 0.6 is 11.8 Å². The first-order valence-corrected chi connectivity index (χ1v) is 6.78.